The summed E-state index contributed by atoms with van der Waals surface area (Å²) in [5.41, 5.74) is 4.82. The standard InChI is InChI=1S/C54H44Cl2O5/c1-59-45-29-25-43(26-30-45)53(39-15-7-3-8-16-39,40-17-9-4-10-18-40)51(37-23-33-49(57)47(55)35-37)61-52(38-24-34-50(58)48(56)36-38)54(41-19-11-5-12-20-41,42-21-13-6-14-22-42)44-27-31-46(60-2)32-28-44/h3-36,51-52,57-58H,1-2H3. The van der Waals surface area contributed by atoms with Gasteiger partial charge in [-0.15, -0.1) is 0 Å². The van der Waals surface area contributed by atoms with E-state index in [4.69, 9.17) is 37.4 Å². The maximum Gasteiger partial charge on any atom is 0.134 e. The summed E-state index contributed by atoms with van der Waals surface area (Å²) >= 11 is 13.8. The molecule has 0 saturated carbocycles. The minimum atomic E-state index is -1.09. The van der Waals surface area contributed by atoms with Gasteiger partial charge in [0.05, 0.1) is 35.1 Å². The second kappa shape index (κ2) is 18.0. The molecule has 8 aromatic rings. The number of phenolic OH excluding ortho intramolecular Hbond substituents is 2. The van der Waals surface area contributed by atoms with Crippen LogP contribution in [0.15, 0.2) is 206 Å². The van der Waals surface area contributed by atoms with Crippen LogP contribution in [0.1, 0.15) is 56.7 Å². The molecule has 0 spiro atoms. The lowest BCUT2D eigenvalue weighted by molar-refractivity contribution is -0.0641. The van der Waals surface area contributed by atoms with Gasteiger partial charge in [-0.05, 0) is 93.0 Å². The monoisotopic (exact) mass is 842 g/mol. The van der Waals surface area contributed by atoms with E-state index < -0.39 is 23.0 Å². The van der Waals surface area contributed by atoms with Crippen LogP contribution in [0.4, 0.5) is 0 Å². The van der Waals surface area contributed by atoms with Gasteiger partial charge in [0.15, 0.2) is 0 Å². The van der Waals surface area contributed by atoms with Crippen molar-refractivity contribution in [3.05, 3.63) is 261 Å². The number of hydrogen-bond donors (Lipinski definition) is 2. The number of phenols is 2. The largest absolute Gasteiger partial charge is 0.506 e. The molecule has 7 heteroatoms. The van der Waals surface area contributed by atoms with E-state index in [1.807, 2.05) is 109 Å². The van der Waals surface area contributed by atoms with Gasteiger partial charge >= 0.3 is 0 Å². The first-order chi connectivity index (χ1) is 29.8. The quantitative estimate of drug-likeness (QED) is 0.107. The van der Waals surface area contributed by atoms with E-state index >= 15 is 0 Å². The third-order valence-corrected chi connectivity index (χ3v) is 12.2. The predicted octanol–water partition coefficient (Wildman–Crippen LogP) is 13.3. The molecule has 0 bridgehead atoms. The topological polar surface area (TPSA) is 68.2 Å². The lowest BCUT2D eigenvalue weighted by Gasteiger charge is -2.49. The van der Waals surface area contributed by atoms with Crippen LogP contribution in [0.2, 0.25) is 10.0 Å². The Morgan fingerprint density at radius 3 is 0.918 bits per heavy atom. The minimum Gasteiger partial charge on any atom is -0.506 e. The van der Waals surface area contributed by atoms with Crippen LogP contribution in [-0.2, 0) is 15.6 Å². The smallest absolute Gasteiger partial charge is 0.134 e. The van der Waals surface area contributed by atoms with Gasteiger partial charge in [-0.3, -0.25) is 0 Å². The Bertz CT molecular complexity index is 2410. The van der Waals surface area contributed by atoms with Crippen LogP contribution in [-0.4, -0.2) is 24.4 Å². The summed E-state index contributed by atoms with van der Waals surface area (Å²) in [7, 11) is 3.31. The van der Waals surface area contributed by atoms with E-state index in [0.29, 0.717) is 22.6 Å². The summed E-state index contributed by atoms with van der Waals surface area (Å²) in [5, 5.41) is 22.2. The highest BCUT2D eigenvalue weighted by molar-refractivity contribution is 6.32. The molecule has 304 valence electrons. The summed E-state index contributed by atoms with van der Waals surface area (Å²) in [6, 6.07) is 67.9. The van der Waals surface area contributed by atoms with Crippen LogP contribution in [0, 0.1) is 0 Å². The van der Waals surface area contributed by atoms with Gasteiger partial charge < -0.3 is 24.4 Å². The van der Waals surface area contributed by atoms with Crippen molar-refractivity contribution in [1.29, 1.82) is 0 Å². The maximum atomic E-state index is 10.9. The van der Waals surface area contributed by atoms with Gasteiger partial charge in [-0.1, -0.05) is 181 Å². The van der Waals surface area contributed by atoms with E-state index in [1.54, 1.807) is 38.5 Å². The molecule has 0 aliphatic rings. The minimum absolute atomic E-state index is 0.0540. The molecule has 0 saturated heterocycles. The Morgan fingerprint density at radius 1 is 0.377 bits per heavy atom. The van der Waals surface area contributed by atoms with Crippen LogP contribution in [0.3, 0.4) is 0 Å². The number of aromatic hydroxyl groups is 2. The fourth-order valence-electron chi connectivity index (χ4n) is 8.79. The van der Waals surface area contributed by atoms with Gasteiger partial charge in [0, 0.05) is 0 Å². The number of methoxy groups -OCH3 is 2. The van der Waals surface area contributed by atoms with Crippen molar-refractivity contribution in [2.75, 3.05) is 14.2 Å². The van der Waals surface area contributed by atoms with Crippen LogP contribution in [0.5, 0.6) is 23.0 Å². The third-order valence-electron chi connectivity index (χ3n) is 11.6. The average Bonchev–Trinajstić information content (AvgIpc) is 3.32. The van der Waals surface area contributed by atoms with Crippen LogP contribution < -0.4 is 9.47 Å². The Labute approximate surface area is 367 Å². The summed E-state index contributed by atoms with van der Waals surface area (Å²) < 4.78 is 19.6. The van der Waals surface area contributed by atoms with Crippen molar-refractivity contribution in [2.24, 2.45) is 0 Å². The number of halogens is 2. The van der Waals surface area contributed by atoms with Crippen molar-refractivity contribution < 1.29 is 24.4 Å². The van der Waals surface area contributed by atoms with E-state index in [0.717, 1.165) is 33.4 Å². The lowest BCUT2D eigenvalue weighted by atomic mass is 9.62. The molecule has 8 aromatic carbocycles. The summed E-state index contributed by atoms with van der Waals surface area (Å²) in [5.74, 6) is 1.29. The van der Waals surface area contributed by atoms with Gasteiger partial charge in [0.2, 0.25) is 0 Å². The molecule has 5 nitrogen and oxygen atoms in total. The molecule has 0 fully saturated rings. The second-order valence-electron chi connectivity index (χ2n) is 14.9. The Hall–Kier alpha value is -6.50. The fraction of sp³-hybridized carbons (Fsp3) is 0.111. The summed E-state index contributed by atoms with van der Waals surface area (Å²) in [4.78, 5) is 0. The molecule has 0 radical (unpaired) electrons. The third kappa shape index (κ3) is 7.73. The summed E-state index contributed by atoms with van der Waals surface area (Å²) in [6.45, 7) is 0. The van der Waals surface area contributed by atoms with Gasteiger partial charge in [0.25, 0.3) is 0 Å². The highest BCUT2D eigenvalue weighted by Gasteiger charge is 2.52. The zero-order chi connectivity index (χ0) is 42.4. The molecule has 2 N–H and O–H groups in total. The predicted molar refractivity (Wildman–Crippen MR) is 244 cm³/mol. The number of ether oxygens (including phenoxy) is 3. The van der Waals surface area contributed by atoms with Gasteiger partial charge in [-0.2, -0.15) is 0 Å². The molecule has 0 aromatic heterocycles. The summed E-state index contributed by atoms with van der Waals surface area (Å²) in [6.07, 6.45) is -1.77. The Balaban J connectivity index is 1.56. The van der Waals surface area contributed by atoms with E-state index in [1.165, 1.54) is 0 Å². The Kier molecular flexibility index (Phi) is 12.2. The molecule has 8 rings (SSSR count). The molecule has 0 aliphatic carbocycles. The SMILES string of the molecule is COc1ccc(C(c2ccccc2)(c2ccccc2)C(OC(c2ccc(O)c(Cl)c2)C(c2ccccc2)(c2ccccc2)c2ccc(OC)cc2)c2ccc(O)c(Cl)c2)cc1. The van der Waals surface area contributed by atoms with Crippen molar-refractivity contribution >= 4 is 23.2 Å². The van der Waals surface area contributed by atoms with Crippen LogP contribution >= 0.6 is 23.2 Å². The molecule has 0 amide bonds. The highest BCUT2D eigenvalue weighted by Crippen LogP contribution is 2.58. The van der Waals surface area contributed by atoms with Gasteiger partial charge in [-0.25, -0.2) is 0 Å². The molecular formula is C54H44Cl2O5. The Morgan fingerprint density at radius 2 is 0.656 bits per heavy atom. The van der Waals surface area contributed by atoms with Crippen molar-refractivity contribution in [2.45, 2.75) is 23.0 Å². The van der Waals surface area contributed by atoms with Crippen molar-refractivity contribution in [3.63, 3.8) is 0 Å². The average molecular weight is 844 g/mol. The molecule has 0 aliphatic heterocycles. The normalized spacial score (nSPS) is 12.7. The first-order valence-corrected chi connectivity index (χ1v) is 20.7. The van der Waals surface area contributed by atoms with E-state index in [9.17, 15) is 10.2 Å². The lowest BCUT2D eigenvalue weighted by Crippen LogP contribution is -2.43. The van der Waals surface area contributed by atoms with E-state index in [2.05, 4.69) is 72.8 Å². The van der Waals surface area contributed by atoms with Crippen molar-refractivity contribution in [1.82, 2.24) is 0 Å². The number of hydrogen-bond acceptors (Lipinski definition) is 5. The zero-order valence-electron chi connectivity index (χ0n) is 33.7. The highest BCUT2D eigenvalue weighted by atomic mass is 35.5. The molecule has 61 heavy (non-hydrogen) atoms. The number of benzene rings is 8. The van der Waals surface area contributed by atoms with E-state index in [-0.39, 0.29) is 21.5 Å². The number of rotatable bonds is 14. The van der Waals surface area contributed by atoms with Crippen LogP contribution in [0.25, 0.3) is 0 Å². The van der Waals surface area contributed by atoms with Gasteiger partial charge in [0.1, 0.15) is 35.2 Å². The first-order valence-electron chi connectivity index (χ1n) is 19.9. The zero-order valence-corrected chi connectivity index (χ0v) is 35.2. The second-order valence-corrected chi connectivity index (χ2v) is 15.7. The molecular weight excluding hydrogens is 799 g/mol. The maximum absolute atomic E-state index is 10.9. The fourth-order valence-corrected chi connectivity index (χ4v) is 9.17. The molecule has 2 unspecified atom stereocenters. The van der Waals surface area contributed by atoms with Crippen molar-refractivity contribution in [3.8, 4) is 23.0 Å². The molecule has 0 heterocycles. The molecule has 2 atom stereocenters. The first kappa shape index (κ1) is 41.2.